The summed E-state index contributed by atoms with van der Waals surface area (Å²) in [7, 11) is 0. The Morgan fingerprint density at radius 1 is 1.03 bits per heavy atom. The Bertz CT molecular complexity index is 982. The van der Waals surface area contributed by atoms with E-state index >= 15 is 0 Å². The van der Waals surface area contributed by atoms with Gasteiger partial charge in [0, 0.05) is 17.8 Å². The summed E-state index contributed by atoms with van der Waals surface area (Å²) >= 11 is 1.71. The van der Waals surface area contributed by atoms with Gasteiger partial charge >= 0.3 is 0 Å². The van der Waals surface area contributed by atoms with Crippen LogP contribution in [0.3, 0.4) is 0 Å². The Kier molecular flexibility index (Phi) is 7.36. The molecule has 5 heteroatoms. The summed E-state index contributed by atoms with van der Waals surface area (Å²) in [6, 6.07) is 16.7. The summed E-state index contributed by atoms with van der Waals surface area (Å²) in [5.41, 5.74) is 4.67. The van der Waals surface area contributed by atoms with E-state index in [-0.39, 0.29) is 24.4 Å². The molecular weight excluding hydrogens is 416 g/mol. The van der Waals surface area contributed by atoms with E-state index in [1.165, 1.54) is 23.1 Å². The van der Waals surface area contributed by atoms with Gasteiger partial charge in [-0.1, -0.05) is 72.5 Å². The molecule has 168 valence electrons. The topological polar surface area (TPSA) is 49.4 Å². The molecule has 4 rings (SSSR count). The van der Waals surface area contributed by atoms with Crippen LogP contribution in [0.5, 0.6) is 0 Å². The number of hydrogen-bond acceptors (Lipinski definition) is 3. The monoisotopic (exact) mass is 448 g/mol. The van der Waals surface area contributed by atoms with Crippen LogP contribution in [0.15, 0.2) is 53.4 Å². The third-order valence-electron chi connectivity index (χ3n) is 6.36. The minimum absolute atomic E-state index is 0.00703. The number of carbonyl (C=O) groups is 2. The number of fused-ring (bicyclic) bond motifs is 1. The zero-order valence-electron chi connectivity index (χ0n) is 19.0. The highest BCUT2D eigenvalue weighted by molar-refractivity contribution is 8.04. The standard InChI is InChI=1S/C27H32N2O2S/c1-19-7-11-21(12-8-19)15-16-28-26(30)18-29-23-5-3-4-6-24(23)32-25(27(29)31)17-22-13-9-20(2)10-14-22/h7-14,17,23-24H,3-6,15-16,18H2,1-2H3,(H,28,30)/b25-17+. The van der Waals surface area contributed by atoms with Crippen LogP contribution in [-0.2, 0) is 16.0 Å². The van der Waals surface area contributed by atoms with Crippen LogP contribution < -0.4 is 5.32 Å². The van der Waals surface area contributed by atoms with Gasteiger partial charge in [0.1, 0.15) is 6.54 Å². The van der Waals surface area contributed by atoms with Crippen molar-refractivity contribution < 1.29 is 9.59 Å². The molecular formula is C27H32N2O2S. The van der Waals surface area contributed by atoms with Crippen molar-refractivity contribution in [3.63, 3.8) is 0 Å². The summed E-state index contributed by atoms with van der Waals surface area (Å²) in [4.78, 5) is 28.7. The minimum atomic E-state index is -0.0728. The summed E-state index contributed by atoms with van der Waals surface area (Å²) in [5, 5.41) is 3.39. The van der Waals surface area contributed by atoms with Crippen LogP contribution in [0.4, 0.5) is 0 Å². The normalized spacial score (nSPS) is 22.0. The molecule has 2 aromatic carbocycles. The van der Waals surface area contributed by atoms with E-state index in [9.17, 15) is 9.59 Å². The zero-order valence-corrected chi connectivity index (χ0v) is 19.8. The van der Waals surface area contributed by atoms with E-state index in [0.717, 1.165) is 36.2 Å². The van der Waals surface area contributed by atoms with Gasteiger partial charge in [-0.2, -0.15) is 0 Å². The summed E-state index contributed by atoms with van der Waals surface area (Å²) < 4.78 is 0. The van der Waals surface area contributed by atoms with Gasteiger partial charge in [0.05, 0.1) is 4.91 Å². The number of nitrogens with zero attached hydrogens (tertiary/aromatic N) is 1. The number of nitrogens with one attached hydrogen (secondary N) is 1. The highest BCUT2D eigenvalue weighted by Crippen LogP contribution is 2.42. The first-order valence-electron chi connectivity index (χ1n) is 11.6. The lowest BCUT2D eigenvalue weighted by molar-refractivity contribution is -0.135. The largest absolute Gasteiger partial charge is 0.354 e. The molecule has 2 unspecified atom stereocenters. The van der Waals surface area contributed by atoms with Crippen molar-refractivity contribution in [3.8, 4) is 0 Å². The first kappa shape index (κ1) is 22.7. The Morgan fingerprint density at radius 2 is 1.69 bits per heavy atom. The third kappa shape index (κ3) is 5.63. The summed E-state index contributed by atoms with van der Waals surface area (Å²) in [6.45, 7) is 4.85. The van der Waals surface area contributed by atoms with Crippen LogP contribution >= 0.6 is 11.8 Å². The van der Waals surface area contributed by atoms with E-state index < -0.39 is 0 Å². The van der Waals surface area contributed by atoms with Gasteiger partial charge in [0.15, 0.2) is 0 Å². The second kappa shape index (κ2) is 10.4. The highest BCUT2D eigenvalue weighted by Gasteiger charge is 2.41. The van der Waals surface area contributed by atoms with Crippen molar-refractivity contribution in [2.75, 3.05) is 13.1 Å². The van der Waals surface area contributed by atoms with Crippen LogP contribution in [0, 0.1) is 13.8 Å². The smallest absolute Gasteiger partial charge is 0.261 e. The number of carbonyl (C=O) groups excluding carboxylic acids is 2. The number of thioether (sulfide) groups is 1. The van der Waals surface area contributed by atoms with Crippen molar-refractivity contribution >= 4 is 29.7 Å². The van der Waals surface area contributed by atoms with Crippen LogP contribution in [-0.4, -0.2) is 41.1 Å². The lowest BCUT2D eigenvalue weighted by Gasteiger charge is -2.43. The third-order valence-corrected chi connectivity index (χ3v) is 7.76. The summed E-state index contributed by atoms with van der Waals surface area (Å²) in [5.74, 6) is -0.0798. The van der Waals surface area contributed by atoms with E-state index in [0.29, 0.717) is 11.8 Å². The van der Waals surface area contributed by atoms with Gasteiger partial charge in [-0.25, -0.2) is 0 Å². The molecule has 1 saturated carbocycles. The Morgan fingerprint density at radius 3 is 2.41 bits per heavy atom. The molecule has 1 aliphatic heterocycles. The molecule has 1 saturated heterocycles. The molecule has 0 aromatic heterocycles. The van der Waals surface area contributed by atoms with Crippen molar-refractivity contribution in [2.24, 2.45) is 0 Å². The SMILES string of the molecule is Cc1ccc(/C=C2/SC3CCCCC3N(CC(=O)NCCc3ccc(C)cc3)C2=O)cc1. The molecule has 4 nitrogen and oxygen atoms in total. The van der Waals surface area contributed by atoms with E-state index in [2.05, 4.69) is 55.6 Å². The number of rotatable bonds is 6. The maximum atomic E-state index is 13.4. The van der Waals surface area contributed by atoms with Gasteiger partial charge in [-0.05, 0) is 50.3 Å². The Balaban J connectivity index is 1.42. The number of benzene rings is 2. The molecule has 1 heterocycles. The molecule has 0 bridgehead atoms. The minimum Gasteiger partial charge on any atom is -0.354 e. The maximum absolute atomic E-state index is 13.4. The molecule has 2 atom stereocenters. The Hall–Kier alpha value is -2.53. The number of aryl methyl sites for hydroxylation is 2. The van der Waals surface area contributed by atoms with Crippen LogP contribution in [0.1, 0.15) is 47.9 Å². The second-order valence-corrected chi connectivity index (χ2v) is 10.2. The van der Waals surface area contributed by atoms with Gasteiger partial charge in [0.2, 0.25) is 5.91 Å². The lowest BCUT2D eigenvalue weighted by Crippen LogP contribution is -2.54. The first-order valence-corrected chi connectivity index (χ1v) is 12.5. The fourth-order valence-corrected chi connectivity index (χ4v) is 5.96. The van der Waals surface area contributed by atoms with Gasteiger partial charge in [-0.15, -0.1) is 11.8 Å². The average molecular weight is 449 g/mol. The fourth-order valence-electron chi connectivity index (χ4n) is 4.49. The predicted octanol–water partition coefficient (Wildman–Crippen LogP) is 4.89. The molecule has 0 spiro atoms. The van der Waals surface area contributed by atoms with E-state index in [4.69, 9.17) is 0 Å². The van der Waals surface area contributed by atoms with Crippen molar-refractivity contribution in [3.05, 3.63) is 75.7 Å². The number of hydrogen-bond donors (Lipinski definition) is 1. The molecule has 1 N–H and O–H groups in total. The van der Waals surface area contributed by atoms with Gasteiger partial charge < -0.3 is 10.2 Å². The zero-order chi connectivity index (χ0) is 22.5. The maximum Gasteiger partial charge on any atom is 0.261 e. The predicted molar refractivity (Wildman–Crippen MR) is 132 cm³/mol. The molecule has 32 heavy (non-hydrogen) atoms. The first-order chi connectivity index (χ1) is 15.5. The quantitative estimate of drug-likeness (QED) is 0.640. The highest BCUT2D eigenvalue weighted by atomic mass is 32.2. The van der Waals surface area contributed by atoms with Crippen molar-refractivity contribution in [1.82, 2.24) is 10.2 Å². The van der Waals surface area contributed by atoms with Gasteiger partial charge in [0.25, 0.3) is 5.91 Å². The van der Waals surface area contributed by atoms with Crippen LogP contribution in [0.25, 0.3) is 6.08 Å². The second-order valence-electron chi connectivity index (χ2n) is 8.95. The molecule has 1 aliphatic carbocycles. The van der Waals surface area contributed by atoms with Gasteiger partial charge in [-0.3, -0.25) is 9.59 Å². The summed E-state index contributed by atoms with van der Waals surface area (Å²) in [6.07, 6.45) is 7.17. The molecule has 2 amide bonds. The average Bonchev–Trinajstić information content (AvgIpc) is 2.79. The van der Waals surface area contributed by atoms with Crippen LogP contribution in [0.2, 0.25) is 0 Å². The van der Waals surface area contributed by atoms with E-state index in [1.807, 2.05) is 23.1 Å². The Labute approximate surface area is 195 Å². The molecule has 2 fully saturated rings. The molecule has 2 aliphatic rings. The van der Waals surface area contributed by atoms with Crippen molar-refractivity contribution in [2.45, 2.75) is 57.2 Å². The fraction of sp³-hybridized carbons (Fsp3) is 0.407. The van der Waals surface area contributed by atoms with E-state index in [1.54, 1.807) is 11.8 Å². The lowest BCUT2D eigenvalue weighted by atomic mass is 9.93. The molecule has 2 aromatic rings. The van der Waals surface area contributed by atoms with Crippen molar-refractivity contribution in [1.29, 1.82) is 0 Å². The molecule has 0 radical (unpaired) electrons. The number of amides is 2.